The fraction of sp³-hybridized carbons (Fsp3) is 0.667. The summed E-state index contributed by atoms with van der Waals surface area (Å²) < 4.78 is 22.3. The van der Waals surface area contributed by atoms with Gasteiger partial charge in [-0.05, 0) is 13.8 Å². The van der Waals surface area contributed by atoms with Gasteiger partial charge in [0.15, 0.2) is 9.84 Å². The van der Waals surface area contributed by atoms with Crippen molar-refractivity contribution in [2.24, 2.45) is 0 Å². The molecule has 0 radical (unpaired) electrons. The molecule has 6 nitrogen and oxygen atoms in total. The van der Waals surface area contributed by atoms with Crippen molar-refractivity contribution >= 4 is 15.7 Å². The largest absolute Gasteiger partial charge is 0.368 e. The average Bonchev–Trinajstić information content (AvgIpc) is 2.24. The minimum Gasteiger partial charge on any atom is -0.368 e. The SMILES string of the molecule is CC(C)c1nc(NCC(C)(C)S(C)(=O)=O)cc(=O)[nH]1. The number of rotatable bonds is 5. The molecule has 0 aromatic carbocycles. The Balaban J connectivity index is 2.93. The van der Waals surface area contributed by atoms with Gasteiger partial charge in [-0.15, -0.1) is 0 Å². The molecule has 0 atom stereocenters. The van der Waals surface area contributed by atoms with Crippen LogP contribution in [0.3, 0.4) is 0 Å². The molecule has 2 N–H and O–H groups in total. The highest BCUT2D eigenvalue weighted by molar-refractivity contribution is 7.92. The lowest BCUT2D eigenvalue weighted by Crippen LogP contribution is -2.38. The van der Waals surface area contributed by atoms with Crippen molar-refractivity contribution in [3.63, 3.8) is 0 Å². The second-order valence-electron chi connectivity index (χ2n) is 5.56. The van der Waals surface area contributed by atoms with Gasteiger partial charge in [0.25, 0.3) is 5.56 Å². The van der Waals surface area contributed by atoms with Gasteiger partial charge in [-0.2, -0.15) is 0 Å². The monoisotopic (exact) mass is 287 g/mol. The van der Waals surface area contributed by atoms with Crippen LogP contribution in [0, 0.1) is 0 Å². The Bertz CT molecular complexity index is 603. The highest BCUT2D eigenvalue weighted by Crippen LogP contribution is 2.16. The van der Waals surface area contributed by atoms with Gasteiger partial charge in [0, 0.05) is 24.8 Å². The van der Waals surface area contributed by atoms with Gasteiger partial charge >= 0.3 is 0 Å². The number of anilines is 1. The van der Waals surface area contributed by atoms with Crippen molar-refractivity contribution in [2.45, 2.75) is 38.4 Å². The lowest BCUT2D eigenvalue weighted by atomic mass is 10.2. The van der Waals surface area contributed by atoms with E-state index in [0.717, 1.165) is 0 Å². The number of nitrogens with zero attached hydrogens (tertiary/aromatic N) is 1. The minimum atomic E-state index is -3.19. The first-order valence-corrected chi connectivity index (χ1v) is 7.97. The van der Waals surface area contributed by atoms with Crippen LogP contribution in [0.15, 0.2) is 10.9 Å². The molecule has 0 saturated heterocycles. The van der Waals surface area contributed by atoms with Crippen molar-refractivity contribution < 1.29 is 8.42 Å². The smallest absolute Gasteiger partial charge is 0.252 e. The predicted molar refractivity (Wildman–Crippen MR) is 76.4 cm³/mol. The molecule has 0 aliphatic heterocycles. The van der Waals surface area contributed by atoms with Gasteiger partial charge < -0.3 is 10.3 Å². The third kappa shape index (κ3) is 4.05. The summed E-state index contributed by atoms with van der Waals surface area (Å²) in [5, 5.41) is 2.92. The van der Waals surface area contributed by atoms with E-state index in [-0.39, 0.29) is 18.0 Å². The number of aromatic nitrogens is 2. The Morgan fingerprint density at radius 3 is 2.47 bits per heavy atom. The molecule has 0 fully saturated rings. The standard InChI is InChI=1S/C12H21N3O3S/c1-8(2)11-14-9(6-10(16)15-11)13-7-12(3,4)19(5,17)18/h6,8H,7H2,1-5H3,(H2,13,14,15,16). The van der Waals surface area contributed by atoms with E-state index in [4.69, 9.17) is 0 Å². The molecule has 0 amide bonds. The van der Waals surface area contributed by atoms with E-state index < -0.39 is 14.6 Å². The van der Waals surface area contributed by atoms with E-state index in [1.54, 1.807) is 13.8 Å². The summed E-state index contributed by atoms with van der Waals surface area (Å²) in [6.07, 6.45) is 1.19. The van der Waals surface area contributed by atoms with E-state index >= 15 is 0 Å². The molecule has 1 heterocycles. The lowest BCUT2D eigenvalue weighted by molar-refractivity contribution is 0.559. The lowest BCUT2D eigenvalue weighted by Gasteiger charge is -2.23. The summed E-state index contributed by atoms with van der Waals surface area (Å²) >= 11 is 0. The van der Waals surface area contributed by atoms with Gasteiger partial charge in [0.2, 0.25) is 0 Å². The molecule has 0 unspecified atom stereocenters. The van der Waals surface area contributed by atoms with Gasteiger partial charge in [-0.25, -0.2) is 13.4 Å². The molecule has 0 aliphatic rings. The Labute approximate surface area is 113 Å². The molecular formula is C12H21N3O3S. The Kier molecular flexibility index (Phi) is 4.39. The van der Waals surface area contributed by atoms with Crippen LogP contribution < -0.4 is 10.9 Å². The summed E-state index contributed by atoms with van der Waals surface area (Å²) in [5.74, 6) is 1.06. The van der Waals surface area contributed by atoms with Crippen LogP contribution in [0.4, 0.5) is 5.82 Å². The molecule has 0 spiro atoms. The summed E-state index contributed by atoms with van der Waals surface area (Å²) in [6.45, 7) is 7.29. The first kappa shape index (κ1) is 15.7. The molecule has 1 aromatic rings. The molecule has 108 valence electrons. The number of hydrogen-bond acceptors (Lipinski definition) is 5. The number of sulfone groups is 1. The molecule has 19 heavy (non-hydrogen) atoms. The summed E-state index contributed by atoms with van der Waals surface area (Å²) in [7, 11) is -3.19. The van der Waals surface area contributed by atoms with Crippen LogP contribution in [-0.4, -0.2) is 35.9 Å². The molecule has 0 aliphatic carbocycles. The Morgan fingerprint density at radius 1 is 1.42 bits per heavy atom. The van der Waals surface area contributed by atoms with Crippen LogP contribution in [0.1, 0.15) is 39.4 Å². The minimum absolute atomic E-state index is 0.0948. The average molecular weight is 287 g/mol. The Hall–Kier alpha value is -1.37. The van der Waals surface area contributed by atoms with Gasteiger partial charge in [0.05, 0.1) is 4.75 Å². The summed E-state index contributed by atoms with van der Waals surface area (Å²) in [5.41, 5.74) is -0.252. The van der Waals surface area contributed by atoms with Crippen molar-refractivity contribution in [3.8, 4) is 0 Å². The van der Waals surface area contributed by atoms with E-state index in [1.165, 1.54) is 12.3 Å². The number of H-pyrrole nitrogens is 1. The maximum atomic E-state index is 11.6. The number of nitrogens with one attached hydrogen (secondary N) is 2. The first-order chi connectivity index (χ1) is 8.53. The first-order valence-electron chi connectivity index (χ1n) is 6.07. The molecule has 1 rings (SSSR count). The topological polar surface area (TPSA) is 91.9 Å². The zero-order valence-corrected chi connectivity index (χ0v) is 12.8. The van der Waals surface area contributed by atoms with E-state index in [9.17, 15) is 13.2 Å². The highest BCUT2D eigenvalue weighted by Gasteiger charge is 2.30. The van der Waals surface area contributed by atoms with Gasteiger partial charge in [-0.3, -0.25) is 4.79 Å². The fourth-order valence-corrected chi connectivity index (χ4v) is 1.61. The van der Waals surface area contributed by atoms with Crippen molar-refractivity contribution in [1.82, 2.24) is 9.97 Å². The highest BCUT2D eigenvalue weighted by atomic mass is 32.2. The fourth-order valence-electron chi connectivity index (χ4n) is 1.27. The summed E-state index contributed by atoms with van der Waals surface area (Å²) in [4.78, 5) is 18.4. The van der Waals surface area contributed by atoms with Crippen molar-refractivity contribution in [3.05, 3.63) is 22.2 Å². The number of hydrogen-bond donors (Lipinski definition) is 2. The number of aromatic amines is 1. The maximum Gasteiger partial charge on any atom is 0.252 e. The normalized spacial score (nSPS) is 12.7. The van der Waals surface area contributed by atoms with Crippen LogP contribution in [0.25, 0.3) is 0 Å². The van der Waals surface area contributed by atoms with Crippen molar-refractivity contribution in [2.75, 3.05) is 18.1 Å². The molecular weight excluding hydrogens is 266 g/mol. The van der Waals surface area contributed by atoms with Gasteiger partial charge in [0.1, 0.15) is 11.6 Å². The van der Waals surface area contributed by atoms with Crippen LogP contribution in [0.5, 0.6) is 0 Å². The third-order valence-corrected chi connectivity index (χ3v) is 5.16. The van der Waals surface area contributed by atoms with E-state index in [0.29, 0.717) is 11.6 Å². The van der Waals surface area contributed by atoms with Gasteiger partial charge in [-0.1, -0.05) is 13.8 Å². The van der Waals surface area contributed by atoms with E-state index in [1.807, 2.05) is 13.8 Å². The third-order valence-electron chi connectivity index (χ3n) is 3.01. The quantitative estimate of drug-likeness (QED) is 0.847. The van der Waals surface area contributed by atoms with Crippen LogP contribution in [-0.2, 0) is 9.84 Å². The molecule has 0 saturated carbocycles. The predicted octanol–water partition coefficient (Wildman–Crippen LogP) is 1.13. The Morgan fingerprint density at radius 2 is 2.00 bits per heavy atom. The van der Waals surface area contributed by atoms with Crippen molar-refractivity contribution in [1.29, 1.82) is 0 Å². The maximum absolute atomic E-state index is 11.6. The molecule has 7 heteroatoms. The second-order valence-corrected chi connectivity index (χ2v) is 8.21. The van der Waals surface area contributed by atoms with Crippen LogP contribution >= 0.6 is 0 Å². The zero-order valence-electron chi connectivity index (χ0n) is 11.9. The van der Waals surface area contributed by atoms with E-state index in [2.05, 4.69) is 15.3 Å². The van der Waals surface area contributed by atoms with Crippen LogP contribution in [0.2, 0.25) is 0 Å². The second kappa shape index (κ2) is 5.32. The zero-order chi connectivity index (χ0) is 14.8. The summed E-state index contributed by atoms with van der Waals surface area (Å²) in [6, 6.07) is 1.32. The molecule has 0 bridgehead atoms. The molecule has 1 aromatic heterocycles.